The van der Waals surface area contributed by atoms with E-state index < -0.39 is 40.7 Å². The first kappa shape index (κ1) is 26.9. The Morgan fingerprint density at radius 1 is 1.22 bits per heavy atom. The van der Waals surface area contributed by atoms with Gasteiger partial charge in [0.05, 0.1) is 26.5 Å². The van der Waals surface area contributed by atoms with Crippen LogP contribution >= 0.6 is 39.1 Å². The highest BCUT2D eigenvalue weighted by Crippen LogP contribution is 2.54. The van der Waals surface area contributed by atoms with Crippen LogP contribution in [0.1, 0.15) is 44.4 Å². The molecule has 1 unspecified atom stereocenters. The molecule has 6 nitrogen and oxygen atoms in total. The van der Waals surface area contributed by atoms with Crippen molar-refractivity contribution in [3.8, 4) is 11.3 Å². The third kappa shape index (κ3) is 4.51. The minimum absolute atomic E-state index is 0.0397. The normalized spacial score (nSPS) is 22.6. The van der Waals surface area contributed by atoms with Crippen molar-refractivity contribution in [2.24, 2.45) is 5.41 Å². The first-order valence-electron chi connectivity index (χ1n) is 11.0. The maximum atomic E-state index is 14.3. The van der Waals surface area contributed by atoms with Crippen molar-refractivity contribution in [2.45, 2.75) is 44.8 Å². The van der Waals surface area contributed by atoms with E-state index in [0.29, 0.717) is 20.8 Å². The fraction of sp³-hybridized carbons (Fsp3) is 0.360. The molecular formula is C25H23BrCl2F2N2O4. The first-order valence-corrected chi connectivity index (χ1v) is 12.6. The van der Waals surface area contributed by atoms with Gasteiger partial charge >= 0.3 is 6.09 Å². The molecule has 0 bridgehead atoms. The molecule has 0 spiro atoms. The van der Waals surface area contributed by atoms with Crippen LogP contribution < -0.4 is 0 Å². The van der Waals surface area contributed by atoms with E-state index in [1.54, 1.807) is 18.2 Å². The second-order valence-electron chi connectivity index (χ2n) is 9.88. The van der Waals surface area contributed by atoms with Crippen LogP contribution in [-0.4, -0.2) is 38.9 Å². The highest BCUT2D eigenvalue weighted by molar-refractivity contribution is 9.10. The molecule has 3 aromatic rings. The van der Waals surface area contributed by atoms with Crippen LogP contribution in [0.4, 0.5) is 13.6 Å². The Balaban J connectivity index is 1.98. The van der Waals surface area contributed by atoms with Crippen molar-refractivity contribution in [2.75, 3.05) is 6.54 Å². The number of benzene rings is 2. The van der Waals surface area contributed by atoms with Gasteiger partial charge in [-0.3, -0.25) is 0 Å². The van der Waals surface area contributed by atoms with Gasteiger partial charge in [-0.1, -0.05) is 67.3 Å². The monoisotopic (exact) mass is 602 g/mol. The van der Waals surface area contributed by atoms with E-state index in [1.807, 2.05) is 20.8 Å². The van der Waals surface area contributed by atoms with Crippen molar-refractivity contribution < 1.29 is 28.3 Å². The number of hydrogen-bond acceptors (Lipinski definition) is 4. The van der Waals surface area contributed by atoms with Crippen molar-refractivity contribution in [1.82, 2.24) is 10.1 Å². The molecule has 11 heteroatoms. The average molecular weight is 604 g/mol. The van der Waals surface area contributed by atoms with Gasteiger partial charge in [0.2, 0.25) is 0 Å². The van der Waals surface area contributed by atoms with Crippen LogP contribution in [0.25, 0.3) is 11.3 Å². The summed E-state index contributed by atoms with van der Waals surface area (Å²) >= 11 is 16.1. The summed E-state index contributed by atoms with van der Waals surface area (Å²) in [6.07, 6.45) is -1.27. The Hall–Kier alpha value is -2.20. The molecule has 2 N–H and O–H groups in total. The van der Waals surface area contributed by atoms with Crippen LogP contribution in [0.2, 0.25) is 10.0 Å². The van der Waals surface area contributed by atoms with E-state index in [1.165, 1.54) is 11.0 Å². The smallest absolute Gasteiger partial charge is 0.407 e. The summed E-state index contributed by atoms with van der Waals surface area (Å²) in [6.45, 7) is 5.45. The first-order chi connectivity index (χ1) is 16.8. The number of piperidine rings is 1. The molecule has 2 aromatic carbocycles. The second-order valence-corrected chi connectivity index (χ2v) is 11.5. The number of carbonyl (C=O) groups is 1. The van der Waals surface area contributed by atoms with Crippen LogP contribution in [0.15, 0.2) is 45.4 Å². The topological polar surface area (TPSA) is 86.8 Å². The largest absolute Gasteiger partial charge is 0.465 e. The maximum Gasteiger partial charge on any atom is 0.407 e. The molecule has 2 heterocycles. The Labute approximate surface area is 224 Å². The van der Waals surface area contributed by atoms with Crippen LogP contribution in [0, 0.1) is 17.0 Å². The highest BCUT2D eigenvalue weighted by atomic mass is 79.9. The number of aromatic nitrogens is 1. The molecule has 1 amide bonds. The lowest BCUT2D eigenvalue weighted by Crippen LogP contribution is -2.60. The van der Waals surface area contributed by atoms with Gasteiger partial charge in [-0.05, 0) is 51.5 Å². The molecule has 1 fully saturated rings. The standard InChI is InChI=1S/C25H23BrCl2F2N2O4/c1-24(2,3)22-17(21-18(26)20(31-36-21)13-5-4-6-14(27)19(13)28)25(35,9-10-32(22)23(33)34)12-7-8-15(29)16(30)11-12/h4-8,11,17,22,35H,9-10H2,1-3H3,(H,33,34)/t17-,22?,25-/m0/s1. The van der Waals surface area contributed by atoms with Crippen LogP contribution in [-0.2, 0) is 5.60 Å². The number of amides is 1. The molecule has 1 aliphatic rings. The number of carboxylic acid groups (broad SMARTS) is 1. The van der Waals surface area contributed by atoms with E-state index in [2.05, 4.69) is 21.1 Å². The maximum absolute atomic E-state index is 14.3. The number of halogens is 5. The van der Waals surface area contributed by atoms with Gasteiger partial charge in [-0.15, -0.1) is 0 Å². The van der Waals surface area contributed by atoms with Crippen molar-refractivity contribution in [3.63, 3.8) is 0 Å². The zero-order valence-corrected chi connectivity index (χ0v) is 22.6. The average Bonchev–Trinajstić information content (AvgIpc) is 3.17. The number of rotatable bonds is 3. The predicted molar refractivity (Wildman–Crippen MR) is 135 cm³/mol. The molecule has 4 rings (SSSR count). The number of likely N-dealkylation sites (tertiary alicyclic amines) is 1. The van der Waals surface area contributed by atoms with E-state index in [-0.39, 0.29) is 29.3 Å². The third-order valence-corrected chi connectivity index (χ3v) is 8.19. The lowest BCUT2D eigenvalue weighted by molar-refractivity contribution is -0.0977. The molecule has 192 valence electrons. The Morgan fingerprint density at radius 2 is 1.92 bits per heavy atom. The number of aliphatic hydroxyl groups is 1. The molecule has 1 aromatic heterocycles. The molecule has 0 saturated carbocycles. The van der Waals surface area contributed by atoms with Crippen molar-refractivity contribution in [3.05, 3.63) is 73.9 Å². The Bertz CT molecular complexity index is 1330. The van der Waals surface area contributed by atoms with Gasteiger partial charge in [-0.2, -0.15) is 0 Å². The lowest BCUT2D eigenvalue weighted by atomic mass is 9.64. The minimum Gasteiger partial charge on any atom is -0.465 e. The van der Waals surface area contributed by atoms with Crippen molar-refractivity contribution in [1.29, 1.82) is 0 Å². The third-order valence-electron chi connectivity index (χ3n) is 6.60. The summed E-state index contributed by atoms with van der Waals surface area (Å²) in [4.78, 5) is 13.5. The van der Waals surface area contributed by atoms with Crippen LogP contribution in [0.3, 0.4) is 0 Å². The highest BCUT2D eigenvalue weighted by Gasteiger charge is 2.56. The van der Waals surface area contributed by atoms with E-state index in [0.717, 1.165) is 12.1 Å². The quantitative estimate of drug-likeness (QED) is 0.324. The molecule has 3 atom stereocenters. The lowest BCUT2D eigenvalue weighted by Gasteiger charge is -2.53. The molecule has 0 radical (unpaired) electrons. The molecular weight excluding hydrogens is 581 g/mol. The van der Waals surface area contributed by atoms with Gasteiger partial charge in [-0.25, -0.2) is 13.6 Å². The summed E-state index contributed by atoms with van der Waals surface area (Å²) in [6, 6.07) is 7.31. The van der Waals surface area contributed by atoms with E-state index in [4.69, 9.17) is 27.7 Å². The van der Waals surface area contributed by atoms with Gasteiger partial charge in [0.1, 0.15) is 11.3 Å². The van der Waals surface area contributed by atoms with Gasteiger partial charge in [0.25, 0.3) is 0 Å². The number of nitrogens with zero attached hydrogens (tertiary/aromatic N) is 2. The Kier molecular flexibility index (Phi) is 7.16. The minimum atomic E-state index is -1.82. The van der Waals surface area contributed by atoms with E-state index in [9.17, 15) is 23.8 Å². The zero-order valence-electron chi connectivity index (χ0n) is 19.5. The fourth-order valence-electron chi connectivity index (χ4n) is 5.00. The van der Waals surface area contributed by atoms with Gasteiger partial charge in [0.15, 0.2) is 17.4 Å². The van der Waals surface area contributed by atoms with E-state index >= 15 is 0 Å². The summed E-state index contributed by atoms with van der Waals surface area (Å²) in [5, 5.41) is 26.9. The molecule has 1 saturated heterocycles. The number of hydrogen-bond donors (Lipinski definition) is 2. The summed E-state index contributed by atoms with van der Waals surface area (Å²) < 4.78 is 34.2. The van der Waals surface area contributed by atoms with Gasteiger partial charge in [0, 0.05) is 12.1 Å². The molecule has 36 heavy (non-hydrogen) atoms. The van der Waals surface area contributed by atoms with Crippen molar-refractivity contribution >= 4 is 45.2 Å². The Morgan fingerprint density at radius 3 is 2.53 bits per heavy atom. The SMILES string of the molecule is CC(C)(C)C1[C@H](c2onc(-c3cccc(Cl)c3Cl)c2Br)[C@@](O)(c2ccc(F)c(F)c2)CCN1C(=O)O. The molecule has 0 aliphatic carbocycles. The summed E-state index contributed by atoms with van der Waals surface area (Å²) in [5.74, 6) is -3.11. The molecule has 1 aliphatic heterocycles. The second kappa shape index (κ2) is 9.59. The fourth-order valence-corrected chi connectivity index (χ4v) is 5.99. The summed E-state index contributed by atoms with van der Waals surface area (Å²) in [7, 11) is 0. The summed E-state index contributed by atoms with van der Waals surface area (Å²) in [5.41, 5.74) is -1.69. The zero-order chi connectivity index (χ0) is 26.6. The van der Waals surface area contributed by atoms with Gasteiger partial charge < -0.3 is 19.6 Å². The predicted octanol–water partition coefficient (Wildman–Crippen LogP) is 7.46. The van der Waals surface area contributed by atoms with Crippen LogP contribution in [0.5, 0.6) is 0 Å².